The minimum Gasteiger partial charge on any atom is -0.422 e. The van der Waals surface area contributed by atoms with Crippen LogP contribution >= 0.6 is 11.6 Å². The lowest BCUT2D eigenvalue weighted by molar-refractivity contribution is 0.535. The first-order valence-electron chi connectivity index (χ1n) is 5.68. The third-order valence-corrected chi connectivity index (χ3v) is 3.06. The van der Waals surface area contributed by atoms with Crippen LogP contribution in [0.3, 0.4) is 0 Å². The maximum absolute atomic E-state index is 5.85. The van der Waals surface area contributed by atoms with Crippen molar-refractivity contribution in [2.24, 2.45) is 0 Å². The summed E-state index contributed by atoms with van der Waals surface area (Å²) in [7, 11) is 0. The molecule has 0 unspecified atom stereocenters. The number of hydrogen-bond donors (Lipinski definition) is 0. The Morgan fingerprint density at radius 1 is 1.17 bits per heavy atom. The van der Waals surface area contributed by atoms with E-state index in [1.54, 1.807) is 6.20 Å². The zero-order chi connectivity index (χ0) is 12.5. The van der Waals surface area contributed by atoms with Crippen LogP contribution in [-0.2, 0) is 6.42 Å². The molecule has 0 fully saturated rings. The number of hydrogen-bond acceptors (Lipinski definition) is 3. The number of benzene rings is 1. The van der Waals surface area contributed by atoms with E-state index in [-0.39, 0.29) is 0 Å². The number of halogens is 1. The van der Waals surface area contributed by atoms with E-state index < -0.39 is 0 Å². The summed E-state index contributed by atoms with van der Waals surface area (Å²) < 4.78 is 5.63. The monoisotopic (exact) mass is 258 g/mol. The van der Waals surface area contributed by atoms with Gasteiger partial charge in [-0.3, -0.25) is 0 Å². The molecule has 0 N–H and O–H groups in total. The topological polar surface area (TPSA) is 38.9 Å². The molecular formula is C14H11ClN2O. The van der Waals surface area contributed by atoms with Gasteiger partial charge in [-0.25, -0.2) is 9.97 Å². The van der Waals surface area contributed by atoms with Crippen molar-refractivity contribution in [3.63, 3.8) is 0 Å². The van der Waals surface area contributed by atoms with E-state index >= 15 is 0 Å². The molecule has 3 aromatic rings. The fourth-order valence-electron chi connectivity index (χ4n) is 1.85. The molecule has 0 aliphatic heterocycles. The summed E-state index contributed by atoms with van der Waals surface area (Å²) in [6, 6.07) is 9.60. The molecule has 4 heteroatoms. The van der Waals surface area contributed by atoms with Crippen molar-refractivity contribution in [1.82, 2.24) is 9.97 Å². The van der Waals surface area contributed by atoms with Gasteiger partial charge < -0.3 is 4.42 Å². The van der Waals surface area contributed by atoms with Crippen LogP contribution in [0.15, 0.2) is 40.9 Å². The first kappa shape index (κ1) is 11.2. The lowest BCUT2D eigenvalue weighted by Crippen LogP contribution is -1.87. The number of aryl methyl sites for hydroxylation is 1. The molecule has 0 atom stereocenters. The Morgan fingerprint density at radius 3 is 2.67 bits per heavy atom. The molecular weight excluding hydrogens is 248 g/mol. The average molecular weight is 259 g/mol. The standard InChI is InChI=1S/C14H11ClN2O/c1-9-6-7-16-14-13(9)17-12(18-14)8-10-2-4-11(15)5-3-10/h2-7H,8H2,1H3. The Balaban J connectivity index is 1.95. The van der Waals surface area contributed by atoms with Crippen LogP contribution in [0.1, 0.15) is 17.0 Å². The van der Waals surface area contributed by atoms with E-state index in [1.807, 2.05) is 37.3 Å². The zero-order valence-corrected chi connectivity index (χ0v) is 10.6. The minimum absolute atomic E-state index is 0.596. The number of pyridine rings is 1. The summed E-state index contributed by atoms with van der Waals surface area (Å²) in [6.45, 7) is 2.00. The van der Waals surface area contributed by atoms with Crippen molar-refractivity contribution >= 4 is 22.8 Å². The summed E-state index contributed by atoms with van der Waals surface area (Å²) in [5.41, 5.74) is 3.62. The van der Waals surface area contributed by atoms with E-state index in [4.69, 9.17) is 16.0 Å². The molecule has 18 heavy (non-hydrogen) atoms. The van der Waals surface area contributed by atoms with E-state index in [1.165, 1.54) is 0 Å². The molecule has 0 aliphatic rings. The van der Waals surface area contributed by atoms with Crippen molar-refractivity contribution < 1.29 is 4.42 Å². The van der Waals surface area contributed by atoms with E-state index in [9.17, 15) is 0 Å². The molecule has 3 nitrogen and oxygen atoms in total. The Morgan fingerprint density at radius 2 is 1.94 bits per heavy atom. The fraction of sp³-hybridized carbons (Fsp3) is 0.143. The van der Waals surface area contributed by atoms with Crippen molar-refractivity contribution in [2.75, 3.05) is 0 Å². The summed E-state index contributed by atoms with van der Waals surface area (Å²) >= 11 is 5.85. The average Bonchev–Trinajstić information content (AvgIpc) is 2.76. The van der Waals surface area contributed by atoms with Gasteiger partial charge in [-0.1, -0.05) is 23.7 Å². The molecule has 0 saturated carbocycles. The second kappa shape index (κ2) is 4.42. The SMILES string of the molecule is Cc1ccnc2oc(Cc3ccc(Cl)cc3)nc12. The number of rotatable bonds is 2. The molecule has 0 saturated heterocycles. The molecule has 3 rings (SSSR count). The van der Waals surface area contributed by atoms with Gasteiger partial charge in [0.05, 0.1) is 0 Å². The Labute approximate surface area is 109 Å². The van der Waals surface area contributed by atoms with Gasteiger partial charge in [-0.05, 0) is 36.2 Å². The predicted octanol–water partition coefficient (Wildman–Crippen LogP) is 3.78. The van der Waals surface area contributed by atoms with E-state index in [0.29, 0.717) is 18.0 Å². The van der Waals surface area contributed by atoms with Gasteiger partial charge >= 0.3 is 0 Å². The van der Waals surface area contributed by atoms with Crippen LogP contribution in [0.4, 0.5) is 0 Å². The molecule has 0 amide bonds. The maximum Gasteiger partial charge on any atom is 0.247 e. The second-order valence-corrected chi connectivity index (χ2v) is 4.63. The van der Waals surface area contributed by atoms with Gasteiger partial charge in [0.1, 0.15) is 5.52 Å². The molecule has 0 spiro atoms. The first-order valence-corrected chi connectivity index (χ1v) is 6.05. The van der Waals surface area contributed by atoms with Crippen molar-refractivity contribution in [3.8, 4) is 0 Å². The van der Waals surface area contributed by atoms with E-state index in [0.717, 1.165) is 21.7 Å². The van der Waals surface area contributed by atoms with Gasteiger partial charge in [0.25, 0.3) is 0 Å². The quantitative estimate of drug-likeness (QED) is 0.702. The third kappa shape index (κ3) is 2.09. The van der Waals surface area contributed by atoms with Crippen LogP contribution in [-0.4, -0.2) is 9.97 Å². The Bertz CT molecular complexity index is 689. The summed E-state index contributed by atoms with van der Waals surface area (Å²) in [6.07, 6.45) is 2.38. The molecule has 90 valence electrons. The smallest absolute Gasteiger partial charge is 0.247 e. The third-order valence-electron chi connectivity index (χ3n) is 2.81. The highest BCUT2D eigenvalue weighted by Crippen LogP contribution is 2.19. The molecule has 0 aliphatic carbocycles. The highest BCUT2D eigenvalue weighted by atomic mass is 35.5. The first-order chi connectivity index (χ1) is 8.72. The lowest BCUT2D eigenvalue weighted by atomic mass is 10.1. The van der Waals surface area contributed by atoms with Gasteiger partial charge in [0.15, 0.2) is 0 Å². The summed E-state index contributed by atoms with van der Waals surface area (Å²) in [5, 5.41) is 0.730. The lowest BCUT2D eigenvalue weighted by Gasteiger charge is -1.96. The van der Waals surface area contributed by atoms with Crippen LogP contribution in [0, 0.1) is 6.92 Å². The van der Waals surface area contributed by atoms with Crippen molar-refractivity contribution in [2.45, 2.75) is 13.3 Å². The number of oxazole rings is 1. The largest absolute Gasteiger partial charge is 0.422 e. The van der Waals surface area contributed by atoms with E-state index in [2.05, 4.69) is 9.97 Å². The maximum atomic E-state index is 5.85. The summed E-state index contributed by atoms with van der Waals surface area (Å²) in [5.74, 6) is 0.675. The zero-order valence-electron chi connectivity index (χ0n) is 9.85. The van der Waals surface area contributed by atoms with Gasteiger partial charge in [-0.2, -0.15) is 0 Å². The van der Waals surface area contributed by atoms with Crippen molar-refractivity contribution in [3.05, 3.63) is 58.6 Å². The predicted molar refractivity (Wildman–Crippen MR) is 70.8 cm³/mol. The molecule has 0 radical (unpaired) electrons. The number of fused-ring (bicyclic) bond motifs is 1. The fourth-order valence-corrected chi connectivity index (χ4v) is 1.97. The van der Waals surface area contributed by atoms with Gasteiger partial charge in [0, 0.05) is 17.6 Å². The minimum atomic E-state index is 0.596. The highest BCUT2D eigenvalue weighted by molar-refractivity contribution is 6.30. The molecule has 2 aromatic heterocycles. The second-order valence-electron chi connectivity index (χ2n) is 4.19. The van der Waals surface area contributed by atoms with Crippen LogP contribution in [0.2, 0.25) is 5.02 Å². The van der Waals surface area contributed by atoms with Crippen molar-refractivity contribution in [1.29, 1.82) is 0 Å². The van der Waals surface area contributed by atoms with Crippen LogP contribution in [0.25, 0.3) is 11.2 Å². The van der Waals surface area contributed by atoms with Crippen LogP contribution in [0.5, 0.6) is 0 Å². The highest BCUT2D eigenvalue weighted by Gasteiger charge is 2.09. The summed E-state index contributed by atoms with van der Waals surface area (Å²) in [4.78, 5) is 8.64. The molecule has 0 bridgehead atoms. The Hall–Kier alpha value is -1.87. The van der Waals surface area contributed by atoms with Crippen LogP contribution < -0.4 is 0 Å². The normalized spacial score (nSPS) is 11.0. The molecule has 1 aromatic carbocycles. The molecule has 2 heterocycles. The van der Waals surface area contributed by atoms with Gasteiger partial charge in [-0.15, -0.1) is 0 Å². The van der Waals surface area contributed by atoms with Gasteiger partial charge in [0.2, 0.25) is 11.6 Å². The number of aromatic nitrogens is 2. The Kier molecular flexibility index (Phi) is 2.76. The number of nitrogens with zero attached hydrogens (tertiary/aromatic N) is 2.